The SMILES string of the molecule is Cc1ccc(S(=O)(=O)[O-])cc1.OCC[N+]1(CCOc2ccccc2I)CCCC1. The minimum Gasteiger partial charge on any atom is -0.744 e. The molecule has 1 fully saturated rings. The molecule has 29 heavy (non-hydrogen) atoms. The zero-order chi connectivity index (χ0) is 21.3. The van der Waals surface area contributed by atoms with E-state index in [0.29, 0.717) is 0 Å². The first kappa shape index (κ1) is 24.1. The molecule has 1 N–H and O–H groups in total. The van der Waals surface area contributed by atoms with Crippen molar-refractivity contribution in [2.75, 3.05) is 39.4 Å². The third kappa shape index (κ3) is 7.86. The van der Waals surface area contributed by atoms with Crippen LogP contribution in [0.1, 0.15) is 18.4 Å². The fourth-order valence-electron chi connectivity index (χ4n) is 3.39. The van der Waals surface area contributed by atoms with E-state index < -0.39 is 10.1 Å². The van der Waals surface area contributed by atoms with Crippen LogP contribution in [0.2, 0.25) is 0 Å². The lowest BCUT2D eigenvalue weighted by Crippen LogP contribution is -2.49. The van der Waals surface area contributed by atoms with Gasteiger partial charge in [-0.15, -0.1) is 0 Å². The third-order valence-corrected chi connectivity index (χ3v) is 6.80. The molecule has 0 aromatic heterocycles. The molecule has 0 aliphatic carbocycles. The van der Waals surface area contributed by atoms with Gasteiger partial charge >= 0.3 is 0 Å². The van der Waals surface area contributed by atoms with Gasteiger partial charge in [-0.1, -0.05) is 29.8 Å². The van der Waals surface area contributed by atoms with Crippen molar-refractivity contribution in [2.45, 2.75) is 24.7 Å². The maximum atomic E-state index is 10.4. The Hall–Kier alpha value is -1.20. The molecule has 0 saturated carbocycles. The molecule has 0 bridgehead atoms. The van der Waals surface area contributed by atoms with Gasteiger partial charge in [-0.25, -0.2) is 8.42 Å². The van der Waals surface area contributed by atoms with E-state index >= 15 is 0 Å². The van der Waals surface area contributed by atoms with Crippen LogP contribution in [0.3, 0.4) is 0 Å². The maximum Gasteiger partial charge on any atom is 0.137 e. The molecule has 1 saturated heterocycles. The highest BCUT2D eigenvalue weighted by atomic mass is 127. The molecule has 6 nitrogen and oxygen atoms in total. The molecule has 1 aliphatic heterocycles. The molecule has 160 valence electrons. The number of quaternary nitrogens is 1. The molecule has 8 heteroatoms. The van der Waals surface area contributed by atoms with E-state index in [1.807, 2.05) is 25.1 Å². The Bertz CT molecular complexity index is 865. The summed E-state index contributed by atoms with van der Waals surface area (Å²) in [6.07, 6.45) is 2.56. The number of benzene rings is 2. The highest BCUT2D eigenvalue weighted by Gasteiger charge is 2.31. The lowest BCUT2D eigenvalue weighted by molar-refractivity contribution is -0.917. The van der Waals surface area contributed by atoms with Gasteiger partial charge in [-0.3, -0.25) is 0 Å². The molecule has 0 spiro atoms. The Kier molecular flexibility index (Phi) is 9.35. The number of likely N-dealkylation sites (tertiary alicyclic amines) is 1. The van der Waals surface area contributed by atoms with Crippen molar-refractivity contribution in [2.24, 2.45) is 0 Å². The van der Waals surface area contributed by atoms with Gasteiger partial charge in [0.2, 0.25) is 0 Å². The maximum absolute atomic E-state index is 10.4. The van der Waals surface area contributed by atoms with Crippen LogP contribution >= 0.6 is 22.6 Å². The number of aliphatic hydroxyl groups excluding tert-OH is 1. The number of hydrogen-bond acceptors (Lipinski definition) is 5. The van der Waals surface area contributed by atoms with Crippen molar-refractivity contribution in [3.63, 3.8) is 0 Å². The number of para-hydroxylation sites is 1. The lowest BCUT2D eigenvalue weighted by Gasteiger charge is -2.33. The molecule has 2 aromatic rings. The smallest absolute Gasteiger partial charge is 0.137 e. The molecule has 0 unspecified atom stereocenters. The number of aliphatic hydroxyl groups is 1. The lowest BCUT2D eigenvalue weighted by atomic mass is 10.2. The van der Waals surface area contributed by atoms with E-state index in [4.69, 9.17) is 4.74 Å². The van der Waals surface area contributed by atoms with Gasteiger partial charge in [-0.05, 0) is 53.8 Å². The van der Waals surface area contributed by atoms with Gasteiger partial charge < -0.3 is 18.9 Å². The minimum absolute atomic E-state index is 0.178. The van der Waals surface area contributed by atoms with Crippen LogP contribution in [0, 0.1) is 10.5 Å². The number of rotatable bonds is 7. The summed E-state index contributed by atoms with van der Waals surface area (Å²) in [5.74, 6) is 0.972. The van der Waals surface area contributed by atoms with Gasteiger partial charge in [0.1, 0.15) is 35.6 Å². The Balaban J connectivity index is 0.000000234. The zero-order valence-electron chi connectivity index (χ0n) is 16.6. The first-order chi connectivity index (χ1) is 13.8. The van der Waals surface area contributed by atoms with Gasteiger partial charge in [0.25, 0.3) is 0 Å². The molecule has 0 amide bonds. The quantitative estimate of drug-likeness (QED) is 0.336. The van der Waals surface area contributed by atoms with E-state index in [2.05, 4.69) is 28.7 Å². The van der Waals surface area contributed by atoms with E-state index in [9.17, 15) is 18.1 Å². The van der Waals surface area contributed by atoms with Crippen LogP contribution in [0.25, 0.3) is 0 Å². The highest BCUT2D eigenvalue weighted by molar-refractivity contribution is 14.1. The van der Waals surface area contributed by atoms with Crippen molar-refractivity contribution in [3.8, 4) is 5.75 Å². The summed E-state index contributed by atoms with van der Waals surface area (Å²) < 4.78 is 39.2. The summed E-state index contributed by atoms with van der Waals surface area (Å²) in [4.78, 5) is -0.178. The van der Waals surface area contributed by atoms with Gasteiger partial charge in [0.15, 0.2) is 0 Å². The van der Waals surface area contributed by atoms with Gasteiger partial charge in [0, 0.05) is 12.8 Å². The second kappa shape index (κ2) is 11.3. The first-order valence-electron chi connectivity index (χ1n) is 9.62. The normalized spacial score (nSPS) is 15.4. The summed E-state index contributed by atoms with van der Waals surface area (Å²) in [6, 6.07) is 13.9. The minimum atomic E-state index is -4.27. The summed E-state index contributed by atoms with van der Waals surface area (Å²) in [7, 11) is -4.27. The second-order valence-corrected chi connectivity index (χ2v) is 9.75. The van der Waals surface area contributed by atoms with E-state index in [1.54, 1.807) is 12.1 Å². The average molecular weight is 533 g/mol. The van der Waals surface area contributed by atoms with Crippen LogP contribution in [-0.2, 0) is 10.1 Å². The van der Waals surface area contributed by atoms with Crippen LogP contribution in [0.15, 0.2) is 53.4 Å². The number of halogens is 1. The van der Waals surface area contributed by atoms with Crippen molar-refractivity contribution < 1.29 is 27.3 Å². The predicted octanol–water partition coefficient (Wildman–Crippen LogP) is 3.17. The third-order valence-electron chi connectivity index (χ3n) is 5.06. The summed E-state index contributed by atoms with van der Waals surface area (Å²) in [6.45, 7) is 7.09. The zero-order valence-corrected chi connectivity index (χ0v) is 19.6. The van der Waals surface area contributed by atoms with Crippen molar-refractivity contribution >= 4 is 32.7 Å². The molecular formula is C21H28INO5S. The van der Waals surface area contributed by atoms with E-state index in [0.717, 1.165) is 39.1 Å². The van der Waals surface area contributed by atoms with Crippen LogP contribution in [0.4, 0.5) is 0 Å². The molecular weight excluding hydrogens is 505 g/mol. The largest absolute Gasteiger partial charge is 0.744 e. The van der Waals surface area contributed by atoms with Crippen LogP contribution in [-0.4, -0.2) is 62.0 Å². The fourth-order valence-corrected chi connectivity index (χ4v) is 4.41. The summed E-state index contributed by atoms with van der Waals surface area (Å²) in [5, 5.41) is 9.19. The number of hydrogen-bond donors (Lipinski definition) is 1. The Labute approximate surface area is 187 Å². The Morgan fingerprint density at radius 2 is 1.69 bits per heavy atom. The Morgan fingerprint density at radius 3 is 2.24 bits per heavy atom. The standard InChI is InChI=1S/C14H21INO2.C7H8O3S/c15-13-5-1-2-6-14(13)18-12-10-16(9-11-17)7-3-4-8-16;1-6-2-4-7(5-3-6)11(8,9)10/h1-2,5-6,17H,3-4,7-12H2;2-5H,1H3,(H,8,9,10)/q+1;/p-1. The monoisotopic (exact) mass is 533 g/mol. The number of nitrogens with zero attached hydrogens (tertiary/aromatic N) is 1. The molecule has 3 rings (SSSR count). The van der Waals surface area contributed by atoms with Gasteiger partial charge in [-0.2, -0.15) is 0 Å². The fraction of sp³-hybridized carbons (Fsp3) is 0.429. The topological polar surface area (TPSA) is 86.7 Å². The van der Waals surface area contributed by atoms with E-state index in [1.165, 1.54) is 38.1 Å². The predicted molar refractivity (Wildman–Crippen MR) is 120 cm³/mol. The second-order valence-electron chi connectivity index (χ2n) is 7.21. The average Bonchev–Trinajstić information content (AvgIpc) is 3.12. The van der Waals surface area contributed by atoms with Gasteiger partial charge in [0.05, 0.1) is 28.2 Å². The number of ether oxygens (including phenoxy) is 1. The summed E-state index contributed by atoms with van der Waals surface area (Å²) in [5.41, 5.74) is 0.928. The first-order valence-corrected chi connectivity index (χ1v) is 12.1. The molecule has 1 aliphatic rings. The molecule has 0 radical (unpaired) electrons. The summed E-state index contributed by atoms with van der Waals surface area (Å²) >= 11 is 2.30. The van der Waals surface area contributed by atoms with Crippen molar-refractivity contribution in [1.29, 1.82) is 0 Å². The highest BCUT2D eigenvalue weighted by Crippen LogP contribution is 2.22. The van der Waals surface area contributed by atoms with Crippen LogP contribution in [0.5, 0.6) is 5.75 Å². The molecule has 2 aromatic carbocycles. The molecule has 1 heterocycles. The van der Waals surface area contributed by atoms with Crippen LogP contribution < -0.4 is 4.74 Å². The van der Waals surface area contributed by atoms with Crippen molar-refractivity contribution in [3.05, 3.63) is 57.7 Å². The Morgan fingerprint density at radius 1 is 1.07 bits per heavy atom. The van der Waals surface area contributed by atoms with Crippen molar-refractivity contribution in [1.82, 2.24) is 0 Å². The van der Waals surface area contributed by atoms with E-state index in [-0.39, 0.29) is 11.5 Å². The molecule has 0 atom stereocenters. The number of aryl methyl sites for hydroxylation is 1.